The second kappa shape index (κ2) is 6.02. The Balaban J connectivity index is 1.93. The summed E-state index contributed by atoms with van der Waals surface area (Å²) in [7, 11) is 0. The van der Waals surface area contributed by atoms with E-state index in [9.17, 15) is 4.79 Å². The summed E-state index contributed by atoms with van der Waals surface area (Å²) in [6.07, 6.45) is 1.72. The zero-order valence-electron chi connectivity index (χ0n) is 11.9. The Kier molecular flexibility index (Phi) is 4.55. The Morgan fingerprint density at radius 1 is 1.50 bits per heavy atom. The fraction of sp³-hybridized carbons (Fsp3) is 0.533. The van der Waals surface area contributed by atoms with Crippen molar-refractivity contribution in [3.63, 3.8) is 0 Å². The van der Waals surface area contributed by atoms with E-state index in [1.807, 2.05) is 19.9 Å². The summed E-state index contributed by atoms with van der Waals surface area (Å²) in [5.74, 6) is 0.619. The molecule has 1 unspecified atom stereocenters. The predicted octanol–water partition coefficient (Wildman–Crippen LogP) is 2.28. The van der Waals surface area contributed by atoms with Crippen LogP contribution in [0.4, 0.5) is 0 Å². The van der Waals surface area contributed by atoms with E-state index in [0.29, 0.717) is 18.0 Å². The Hall–Kier alpha value is -1.26. The SMILES string of the molecule is CCC(N)(CC)CNC(=O)C1Cc2cc(Cl)ccc2O1. The molecule has 1 amide bonds. The van der Waals surface area contributed by atoms with Gasteiger partial charge in [0.25, 0.3) is 5.91 Å². The summed E-state index contributed by atoms with van der Waals surface area (Å²) in [5.41, 5.74) is 6.81. The Labute approximate surface area is 124 Å². The topological polar surface area (TPSA) is 64.3 Å². The van der Waals surface area contributed by atoms with Crippen molar-refractivity contribution >= 4 is 17.5 Å². The lowest BCUT2D eigenvalue weighted by molar-refractivity contribution is -0.127. The number of hydrogen-bond donors (Lipinski definition) is 2. The number of carbonyl (C=O) groups is 1. The third-order valence-electron chi connectivity index (χ3n) is 4.01. The van der Waals surface area contributed by atoms with Crippen LogP contribution in [0, 0.1) is 0 Å². The summed E-state index contributed by atoms with van der Waals surface area (Å²) in [6.45, 7) is 4.52. The van der Waals surface area contributed by atoms with Crippen LogP contribution >= 0.6 is 11.6 Å². The number of benzene rings is 1. The number of amides is 1. The van der Waals surface area contributed by atoms with Crippen LogP contribution in [0.25, 0.3) is 0 Å². The zero-order chi connectivity index (χ0) is 14.8. The maximum absolute atomic E-state index is 12.2. The number of nitrogens with one attached hydrogen (secondary N) is 1. The molecule has 0 bridgehead atoms. The zero-order valence-corrected chi connectivity index (χ0v) is 12.7. The van der Waals surface area contributed by atoms with Crippen LogP contribution in [0.5, 0.6) is 5.75 Å². The van der Waals surface area contributed by atoms with Crippen molar-refractivity contribution in [1.29, 1.82) is 0 Å². The third kappa shape index (κ3) is 3.25. The van der Waals surface area contributed by atoms with Gasteiger partial charge in [-0.05, 0) is 36.6 Å². The second-order valence-electron chi connectivity index (χ2n) is 5.35. The van der Waals surface area contributed by atoms with Gasteiger partial charge < -0.3 is 15.8 Å². The summed E-state index contributed by atoms with van der Waals surface area (Å²) < 4.78 is 5.64. The van der Waals surface area contributed by atoms with Crippen LogP contribution in [0.3, 0.4) is 0 Å². The van der Waals surface area contributed by atoms with E-state index >= 15 is 0 Å². The molecule has 4 nitrogen and oxygen atoms in total. The van der Waals surface area contributed by atoms with Gasteiger partial charge in [-0.25, -0.2) is 0 Å². The summed E-state index contributed by atoms with van der Waals surface area (Å²) in [6, 6.07) is 5.41. The molecule has 0 radical (unpaired) electrons. The minimum Gasteiger partial charge on any atom is -0.480 e. The van der Waals surface area contributed by atoms with Crippen LogP contribution in [0.15, 0.2) is 18.2 Å². The minimum absolute atomic E-state index is 0.117. The van der Waals surface area contributed by atoms with Gasteiger partial charge in [-0.15, -0.1) is 0 Å². The predicted molar refractivity (Wildman–Crippen MR) is 80.1 cm³/mol. The third-order valence-corrected chi connectivity index (χ3v) is 4.25. The van der Waals surface area contributed by atoms with Crippen molar-refractivity contribution in [1.82, 2.24) is 5.32 Å². The number of hydrogen-bond acceptors (Lipinski definition) is 3. The fourth-order valence-electron chi connectivity index (χ4n) is 2.24. The standard InChI is InChI=1S/C15H21ClN2O2/c1-3-15(17,4-2)9-18-14(19)13-8-10-7-11(16)5-6-12(10)20-13/h5-7,13H,3-4,8-9,17H2,1-2H3,(H,18,19). The van der Waals surface area contributed by atoms with Crippen LogP contribution in [0.2, 0.25) is 5.02 Å². The van der Waals surface area contributed by atoms with Gasteiger partial charge in [0.15, 0.2) is 6.10 Å². The van der Waals surface area contributed by atoms with Gasteiger partial charge in [-0.2, -0.15) is 0 Å². The van der Waals surface area contributed by atoms with Crippen molar-refractivity contribution in [2.24, 2.45) is 5.73 Å². The first-order valence-corrected chi connectivity index (χ1v) is 7.37. The van der Waals surface area contributed by atoms with E-state index in [1.54, 1.807) is 12.1 Å². The van der Waals surface area contributed by atoms with Crippen molar-refractivity contribution < 1.29 is 9.53 Å². The summed E-state index contributed by atoms with van der Waals surface area (Å²) >= 11 is 5.94. The molecule has 1 atom stereocenters. The molecule has 5 heteroatoms. The molecule has 2 rings (SSSR count). The molecule has 1 aliphatic rings. The van der Waals surface area contributed by atoms with Crippen molar-refractivity contribution in [3.05, 3.63) is 28.8 Å². The average Bonchev–Trinajstić information content (AvgIpc) is 2.87. The highest BCUT2D eigenvalue weighted by Crippen LogP contribution is 2.31. The van der Waals surface area contributed by atoms with Gasteiger partial charge in [-0.1, -0.05) is 25.4 Å². The smallest absolute Gasteiger partial charge is 0.261 e. The molecule has 0 saturated heterocycles. The van der Waals surface area contributed by atoms with Crippen LogP contribution in [0.1, 0.15) is 32.3 Å². The van der Waals surface area contributed by atoms with Crippen molar-refractivity contribution in [2.45, 2.75) is 44.8 Å². The first-order valence-electron chi connectivity index (χ1n) is 6.99. The van der Waals surface area contributed by atoms with E-state index in [4.69, 9.17) is 22.1 Å². The maximum Gasteiger partial charge on any atom is 0.261 e. The minimum atomic E-state index is -0.485. The highest BCUT2D eigenvalue weighted by atomic mass is 35.5. The van der Waals surface area contributed by atoms with Crippen LogP contribution in [-0.4, -0.2) is 24.1 Å². The van der Waals surface area contributed by atoms with Gasteiger partial charge >= 0.3 is 0 Å². The first kappa shape index (κ1) is 15.1. The molecule has 1 heterocycles. The lowest BCUT2D eigenvalue weighted by Gasteiger charge is -2.27. The number of nitrogens with two attached hydrogens (primary N) is 1. The highest BCUT2D eigenvalue weighted by Gasteiger charge is 2.30. The van der Waals surface area contributed by atoms with Gasteiger partial charge in [0, 0.05) is 23.5 Å². The van der Waals surface area contributed by atoms with E-state index < -0.39 is 6.10 Å². The normalized spacial score (nSPS) is 17.5. The van der Waals surface area contributed by atoms with Gasteiger partial charge in [0.1, 0.15) is 5.75 Å². The Bertz CT molecular complexity index is 501. The summed E-state index contributed by atoms with van der Waals surface area (Å²) in [4.78, 5) is 12.2. The van der Waals surface area contributed by atoms with E-state index in [2.05, 4.69) is 5.32 Å². The second-order valence-corrected chi connectivity index (χ2v) is 5.79. The Morgan fingerprint density at radius 2 is 2.20 bits per heavy atom. The number of rotatable bonds is 5. The average molecular weight is 297 g/mol. The van der Waals surface area contributed by atoms with E-state index in [0.717, 1.165) is 24.2 Å². The lowest BCUT2D eigenvalue weighted by atomic mass is 9.94. The molecule has 0 aliphatic carbocycles. The lowest BCUT2D eigenvalue weighted by Crippen LogP contribution is -2.51. The Morgan fingerprint density at radius 3 is 2.85 bits per heavy atom. The molecule has 0 spiro atoms. The van der Waals surface area contributed by atoms with Gasteiger partial charge in [0.2, 0.25) is 0 Å². The van der Waals surface area contributed by atoms with Crippen LogP contribution < -0.4 is 15.8 Å². The molecule has 0 saturated carbocycles. The molecule has 1 aromatic rings. The quantitative estimate of drug-likeness (QED) is 0.876. The highest BCUT2D eigenvalue weighted by molar-refractivity contribution is 6.30. The van der Waals surface area contributed by atoms with Crippen molar-refractivity contribution in [2.75, 3.05) is 6.54 Å². The maximum atomic E-state index is 12.2. The van der Waals surface area contributed by atoms with Crippen molar-refractivity contribution in [3.8, 4) is 5.75 Å². The molecular weight excluding hydrogens is 276 g/mol. The largest absolute Gasteiger partial charge is 0.480 e. The molecule has 110 valence electrons. The fourth-order valence-corrected chi connectivity index (χ4v) is 2.44. The number of ether oxygens (including phenoxy) is 1. The number of fused-ring (bicyclic) bond motifs is 1. The van der Waals surface area contributed by atoms with Gasteiger partial charge in [-0.3, -0.25) is 4.79 Å². The molecule has 0 aromatic heterocycles. The molecule has 1 aromatic carbocycles. The number of carbonyl (C=O) groups excluding carboxylic acids is 1. The first-order chi connectivity index (χ1) is 9.47. The molecule has 1 aliphatic heterocycles. The monoisotopic (exact) mass is 296 g/mol. The van der Waals surface area contributed by atoms with Crippen LogP contribution in [-0.2, 0) is 11.2 Å². The van der Waals surface area contributed by atoms with Gasteiger partial charge in [0.05, 0.1) is 0 Å². The molecule has 0 fully saturated rings. The molecule has 20 heavy (non-hydrogen) atoms. The van der Waals surface area contributed by atoms with E-state index in [1.165, 1.54) is 0 Å². The molecule has 3 N–H and O–H groups in total. The van der Waals surface area contributed by atoms with E-state index in [-0.39, 0.29) is 11.4 Å². The number of halogens is 1. The molecular formula is C15H21ClN2O2. The summed E-state index contributed by atoms with van der Waals surface area (Å²) in [5, 5.41) is 3.55.